The molecule has 1 atom stereocenters. The Morgan fingerprint density at radius 2 is 1.64 bits per heavy atom. The first-order chi connectivity index (χ1) is 9.94. The van der Waals surface area contributed by atoms with E-state index in [1.807, 2.05) is 40.7 Å². The van der Waals surface area contributed by atoms with Crippen LogP contribution in [-0.4, -0.2) is 32.5 Å². The minimum absolute atomic E-state index is 0.344. The van der Waals surface area contributed by atoms with Gasteiger partial charge in [-0.05, 0) is 20.3 Å². The van der Waals surface area contributed by atoms with E-state index >= 15 is 0 Å². The summed E-state index contributed by atoms with van der Waals surface area (Å²) in [6.45, 7) is 16.7. The number of hydrogen-bond acceptors (Lipinski definition) is 4. The van der Waals surface area contributed by atoms with E-state index in [0.29, 0.717) is 13.2 Å². The Hall–Kier alpha value is 0.0669. The number of aliphatic hydroxyl groups is 1. The van der Waals surface area contributed by atoms with Crippen LogP contribution in [-0.2, 0) is 13.6 Å². The summed E-state index contributed by atoms with van der Waals surface area (Å²) >= 11 is 0. The molecule has 0 aromatic carbocycles. The summed E-state index contributed by atoms with van der Waals surface area (Å²) in [5.74, 6) is 0. The summed E-state index contributed by atoms with van der Waals surface area (Å²) in [7, 11) is -5.23. The highest BCUT2D eigenvalue weighted by Crippen LogP contribution is 2.60. The molecular weight excluding hydrogens is 315 g/mol. The van der Waals surface area contributed by atoms with Crippen molar-refractivity contribution < 1.29 is 18.7 Å². The third-order valence-corrected chi connectivity index (χ3v) is 10.0. The molecule has 22 heavy (non-hydrogen) atoms. The van der Waals surface area contributed by atoms with Crippen LogP contribution >= 0.6 is 7.60 Å². The number of rotatable bonds is 10. The molecular formula is C16H35O4PSi. The molecule has 0 saturated carbocycles. The molecule has 132 valence electrons. The SMILES string of the molecule is CCCC(O)C(C)(C)/C=C(/[Si](C)(C)C)P(=O)(OCC)OCC. The van der Waals surface area contributed by atoms with Gasteiger partial charge in [-0.3, -0.25) is 4.57 Å². The van der Waals surface area contributed by atoms with Gasteiger partial charge in [0.2, 0.25) is 0 Å². The van der Waals surface area contributed by atoms with Gasteiger partial charge in [0, 0.05) is 10.4 Å². The maximum absolute atomic E-state index is 13.3. The quantitative estimate of drug-likeness (QED) is 0.434. The van der Waals surface area contributed by atoms with E-state index in [-0.39, 0.29) is 0 Å². The van der Waals surface area contributed by atoms with Crippen molar-refractivity contribution in [3.63, 3.8) is 0 Å². The largest absolute Gasteiger partial charge is 0.392 e. The van der Waals surface area contributed by atoms with Gasteiger partial charge < -0.3 is 14.2 Å². The smallest absolute Gasteiger partial charge is 0.353 e. The molecule has 0 amide bonds. The van der Waals surface area contributed by atoms with Gasteiger partial charge in [-0.15, -0.1) is 0 Å². The molecule has 6 heteroatoms. The monoisotopic (exact) mass is 350 g/mol. The Morgan fingerprint density at radius 3 is 1.95 bits per heavy atom. The molecule has 0 saturated heterocycles. The van der Waals surface area contributed by atoms with Crippen LogP contribution in [0.3, 0.4) is 0 Å². The predicted molar refractivity (Wildman–Crippen MR) is 97.0 cm³/mol. The van der Waals surface area contributed by atoms with Crippen LogP contribution in [0.2, 0.25) is 19.6 Å². The van der Waals surface area contributed by atoms with Crippen molar-refractivity contribution in [2.45, 2.75) is 73.2 Å². The highest BCUT2D eigenvalue weighted by molar-refractivity contribution is 7.62. The van der Waals surface area contributed by atoms with E-state index in [2.05, 4.69) is 19.6 Å². The van der Waals surface area contributed by atoms with Crippen LogP contribution in [0, 0.1) is 5.41 Å². The second-order valence-electron chi connectivity index (χ2n) is 7.24. The molecule has 0 bridgehead atoms. The van der Waals surface area contributed by atoms with E-state index in [4.69, 9.17) is 9.05 Å². The summed E-state index contributed by atoms with van der Waals surface area (Å²) < 4.78 is 24.4. The lowest BCUT2D eigenvalue weighted by molar-refractivity contribution is 0.0730. The molecule has 0 aliphatic heterocycles. The standard InChI is InChI=1S/C16H35O4PSi/c1-9-12-14(17)16(4,5)13-15(22(6,7)8)21(18,19-10-2)20-11-3/h13-14,17H,9-12H2,1-8H3/b15-13+. The third kappa shape index (κ3) is 6.29. The lowest BCUT2D eigenvalue weighted by Gasteiger charge is -2.34. The van der Waals surface area contributed by atoms with E-state index in [1.54, 1.807) is 0 Å². The second-order valence-corrected chi connectivity index (χ2v) is 14.7. The van der Waals surface area contributed by atoms with Gasteiger partial charge in [0.15, 0.2) is 0 Å². The second kappa shape index (κ2) is 8.79. The lowest BCUT2D eigenvalue weighted by atomic mass is 9.84. The Morgan fingerprint density at radius 1 is 1.18 bits per heavy atom. The summed E-state index contributed by atoms with van der Waals surface area (Å²) in [5.41, 5.74) is -0.463. The van der Waals surface area contributed by atoms with Gasteiger partial charge in [-0.2, -0.15) is 0 Å². The van der Waals surface area contributed by atoms with Crippen LogP contribution < -0.4 is 0 Å². The zero-order valence-corrected chi connectivity index (χ0v) is 17.5. The summed E-state index contributed by atoms with van der Waals surface area (Å²) in [5, 5.41) is 10.4. The van der Waals surface area contributed by atoms with Crippen molar-refractivity contribution in [3.05, 3.63) is 11.0 Å². The molecule has 1 N–H and O–H groups in total. The fourth-order valence-electron chi connectivity index (χ4n) is 2.32. The van der Waals surface area contributed by atoms with E-state index in [1.165, 1.54) is 0 Å². The minimum atomic E-state index is -3.29. The molecule has 4 nitrogen and oxygen atoms in total. The van der Waals surface area contributed by atoms with Crippen molar-refractivity contribution in [2.75, 3.05) is 13.2 Å². The normalized spacial score (nSPS) is 16.0. The van der Waals surface area contributed by atoms with Crippen molar-refractivity contribution >= 4 is 15.7 Å². The number of aliphatic hydroxyl groups excluding tert-OH is 1. The van der Waals surface area contributed by atoms with E-state index < -0.39 is 27.2 Å². The average molecular weight is 351 g/mol. The van der Waals surface area contributed by atoms with E-state index in [0.717, 1.165) is 17.8 Å². The van der Waals surface area contributed by atoms with Gasteiger partial charge in [-0.1, -0.05) is 52.9 Å². The van der Waals surface area contributed by atoms with E-state index in [9.17, 15) is 9.67 Å². The number of hydrogen-bond donors (Lipinski definition) is 1. The molecule has 0 aromatic heterocycles. The minimum Gasteiger partial charge on any atom is -0.392 e. The fourth-order valence-corrected chi connectivity index (χ4v) is 8.32. The Labute approximate surface area is 137 Å². The molecule has 0 aromatic rings. The maximum Gasteiger partial charge on any atom is 0.353 e. The Bertz CT molecular complexity index is 403. The average Bonchev–Trinajstić information content (AvgIpc) is 2.35. The first-order valence-electron chi connectivity index (χ1n) is 8.25. The van der Waals surface area contributed by atoms with Gasteiger partial charge >= 0.3 is 7.60 Å². The van der Waals surface area contributed by atoms with Gasteiger partial charge in [0.25, 0.3) is 0 Å². The van der Waals surface area contributed by atoms with Crippen molar-refractivity contribution in [3.8, 4) is 0 Å². The lowest BCUT2D eigenvalue weighted by Crippen LogP contribution is -2.32. The Balaban J connectivity index is 5.92. The van der Waals surface area contributed by atoms with Crippen molar-refractivity contribution in [1.29, 1.82) is 0 Å². The molecule has 0 aliphatic rings. The van der Waals surface area contributed by atoms with Crippen molar-refractivity contribution in [2.24, 2.45) is 5.41 Å². The van der Waals surface area contributed by atoms with Crippen LogP contribution in [0.15, 0.2) is 11.0 Å². The first-order valence-corrected chi connectivity index (χ1v) is 13.3. The molecule has 0 fully saturated rings. The summed E-state index contributed by atoms with van der Waals surface area (Å²) in [4.78, 5) is 0.781. The molecule has 0 spiro atoms. The third-order valence-electron chi connectivity index (χ3n) is 3.59. The van der Waals surface area contributed by atoms with Gasteiger partial charge in [0.1, 0.15) is 0 Å². The Kier molecular flexibility index (Phi) is 8.82. The summed E-state index contributed by atoms with van der Waals surface area (Å²) in [6, 6.07) is 0. The van der Waals surface area contributed by atoms with Crippen molar-refractivity contribution in [1.82, 2.24) is 0 Å². The van der Waals surface area contributed by atoms with Crippen LogP contribution in [0.5, 0.6) is 0 Å². The van der Waals surface area contributed by atoms with Crippen LogP contribution in [0.4, 0.5) is 0 Å². The molecule has 0 aliphatic carbocycles. The van der Waals surface area contributed by atoms with Gasteiger partial charge in [-0.25, -0.2) is 0 Å². The zero-order valence-electron chi connectivity index (χ0n) is 15.6. The highest BCUT2D eigenvalue weighted by Gasteiger charge is 2.40. The topological polar surface area (TPSA) is 55.8 Å². The predicted octanol–water partition coefficient (Wildman–Crippen LogP) is 5.20. The van der Waals surface area contributed by atoms with Crippen LogP contribution in [0.1, 0.15) is 47.5 Å². The molecule has 0 rings (SSSR count). The van der Waals surface area contributed by atoms with Crippen LogP contribution in [0.25, 0.3) is 0 Å². The molecule has 1 unspecified atom stereocenters. The molecule has 0 radical (unpaired) electrons. The first kappa shape index (κ1) is 22.1. The highest BCUT2D eigenvalue weighted by atomic mass is 31.2. The fraction of sp³-hybridized carbons (Fsp3) is 0.875. The maximum atomic E-state index is 13.3. The van der Waals surface area contributed by atoms with Gasteiger partial charge in [0.05, 0.1) is 27.4 Å². The molecule has 0 heterocycles. The zero-order chi connectivity index (χ0) is 17.6. The summed E-state index contributed by atoms with van der Waals surface area (Å²) in [6.07, 6.45) is 3.12.